The van der Waals surface area contributed by atoms with Crippen molar-refractivity contribution in [1.82, 2.24) is 5.32 Å². The molecule has 0 bridgehead atoms. The van der Waals surface area contributed by atoms with Crippen molar-refractivity contribution in [2.75, 3.05) is 11.4 Å². The molecule has 3 N–H and O–H groups in total. The summed E-state index contributed by atoms with van der Waals surface area (Å²) in [5, 5.41) is 12.4. The molecule has 1 saturated heterocycles. The molecule has 2 aliphatic heterocycles. The standard InChI is InChI=1S/C25H23BrF2N4O4/c1-13-11-24(23(30)34,8-9-32(13)18-10-16(26)5-4-15(18)12-29)31-22(33)17-6-7-19-21(20(17)14-2-3-14)36-25(27,28)35-19/h4-7,10,13-14H,2-3,8-9,11H2,1H3,(H2,30,34)(H,31,33)/t13-,24+/m0/s1. The smallest absolute Gasteiger partial charge is 0.395 e. The molecule has 0 spiro atoms. The summed E-state index contributed by atoms with van der Waals surface area (Å²) in [5.41, 5.74) is 6.19. The highest BCUT2D eigenvalue weighted by molar-refractivity contribution is 9.10. The first-order valence-electron chi connectivity index (χ1n) is 11.5. The van der Waals surface area contributed by atoms with Gasteiger partial charge in [-0.15, -0.1) is 8.78 Å². The number of anilines is 1. The van der Waals surface area contributed by atoms with Gasteiger partial charge in [0.2, 0.25) is 5.91 Å². The summed E-state index contributed by atoms with van der Waals surface area (Å²) in [4.78, 5) is 28.2. The normalized spacial score (nSPS) is 24.2. The number of nitrogens with one attached hydrogen (secondary N) is 1. The summed E-state index contributed by atoms with van der Waals surface area (Å²) < 4.78 is 37.6. The van der Waals surface area contributed by atoms with E-state index in [2.05, 4.69) is 32.1 Å². The van der Waals surface area contributed by atoms with Crippen LogP contribution in [0.1, 0.15) is 60.0 Å². The minimum atomic E-state index is -3.80. The number of amides is 2. The van der Waals surface area contributed by atoms with Gasteiger partial charge in [0.15, 0.2) is 11.5 Å². The van der Waals surface area contributed by atoms with E-state index >= 15 is 0 Å². The van der Waals surface area contributed by atoms with Crippen LogP contribution in [0.2, 0.25) is 0 Å². The third kappa shape index (κ3) is 4.23. The predicted molar refractivity (Wildman–Crippen MR) is 129 cm³/mol. The number of carbonyl (C=O) groups excluding carboxylic acids is 2. The summed E-state index contributed by atoms with van der Waals surface area (Å²) in [5.74, 6) is -1.63. The molecule has 2 atom stereocenters. The molecule has 2 fully saturated rings. The molecule has 1 aliphatic carbocycles. The number of carbonyl (C=O) groups is 2. The van der Waals surface area contributed by atoms with Crippen LogP contribution >= 0.6 is 15.9 Å². The lowest BCUT2D eigenvalue weighted by molar-refractivity contribution is -0.286. The lowest BCUT2D eigenvalue weighted by atomic mass is 9.82. The number of alkyl halides is 2. The number of rotatable bonds is 5. The van der Waals surface area contributed by atoms with Crippen LogP contribution in [0.5, 0.6) is 11.5 Å². The van der Waals surface area contributed by atoms with Crippen molar-refractivity contribution in [2.24, 2.45) is 5.73 Å². The number of fused-ring (bicyclic) bond motifs is 1. The first-order chi connectivity index (χ1) is 17.0. The topological polar surface area (TPSA) is 118 Å². The van der Waals surface area contributed by atoms with Crippen LogP contribution in [0.25, 0.3) is 0 Å². The first kappa shape index (κ1) is 24.3. The highest BCUT2D eigenvalue weighted by Crippen LogP contribution is 2.53. The number of benzene rings is 2. The van der Waals surface area contributed by atoms with Gasteiger partial charge in [-0.2, -0.15) is 5.26 Å². The molecule has 11 heteroatoms. The molecular formula is C25H23BrF2N4O4. The summed E-state index contributed by atoms with van der Waals surface area (Å²) in [6.07, 6.45) is -1.94. The Labute approximate surface area is 214 Å². The average Bonchev–Trinajstić information content (AvgIpc) is 3.59. The van der Waals surface area contributed by atoms with E-state index in [4.69, 9.17) is 10.5 Å². The van der Waals surface area contributed by atoms with Gasteiger partial charge >= 0.3 is 6.29 Å². The van der Waals surface area contributed by atoms with E-state index in [9.17, 15) is 23.6 Å². The van der Waals surface area contributed by atoms with Gasteiger partial charge in [0.05, 0.1) is 11.3 Å². The fourth-order valence-corrected chi connectivity index (χ4v) is 5.48. The van der Waals surface area contributed by atoms with Crippen LogP contribution in [0.4, 0.5) is 14.5 Å². The van der Waals surface area contributed by atoms with E-state index in [0.29, 0.717) is 17.7 Å². The number of hydrogen-bond acceptors (Lipinski definition) is 6. The summed E-state index contributed by atoms with van der Waals surface area (Å²) in [6, 6.07) is 9.97. The zero-order valence-electron chi connectivity index (χ0n) is 19.3. The number of piperidine rings is 1. The van der Waals surface area contributed by atoms with Crippen LogP contribution in [-0.4, -0.2) is 36.2 Å². The molecule has 1 saturated carbocycles. The maximum Gasteiger partial charge on any atom is 0.586 e. The second kappa shape index (κ2) is 8.62. The summed E-state index contributed by atoms with van der Waals surface area (Å²) >= 11 is 3.43. The largest absolute Gasteiger partial charge is 0.586 e. The summed E-state index contributed by atoms with van der Waals surface area (Å²) in [7, 11) is 0. The van der Waals surface area contributed by atoms with Crippen molar-refractivity contribution in [1.29, 1.82) is 5.26 Å². The molecular weight excluding hydrogens is 538 g/mol. The number of nitrogens with two attached hydrogens (primary N) is 1. The van der Waals surface area contributed by atoms with Crippen LogP contribution in [-0.2, 0) is 4.79 Å². The number of nitriles is 1. The molecule has 5 rings (SSSR count). The zero-order chi connectivity index (χ0) is 25.8. The van der Waals surface area contributed by atoms with Crippen molar-refractivity contribution < 1.29 is 27.8 Å². The third-order valence-electron chi connectivity index (χ3n) is 7.01. The number of halogens is 3. The van der Waals surface area contributed by atoms with Crippen molar-refractivity contribution in [3.05, 3.63) is 51.5 Å². The Morgan fingerprint density at radius 3 is 2.64 bits per heavy atom. The fraction of sp³-hybridized carbons (Fsp3) is 0.400. The molecule has 2 aromatic rings. The van der Waals surface area contributed by atoms with Gasteiger partial charge < -0.3 is 25.4 Å². The van der Waals surface area contributed by atoms with Gasteiger partial charge in [-0.25, -0.2) is 0 Å². The Hall–Kier alpha value is -3.39. The van der Waals surface area contributed by atoms with Crippen LogP contribution in [0, 0.1) is 11.3 Å². The molecule has 8 nitrogen and oxygen atoms in total. The average molecular weight is 561 g/mol. The molecule has 2 aromatic carbocycles. The zero-order valence-corrected chi connectivity index (χ0v) is 20.9. The van der Waals surface area contributed by atoms with E-state index in [1.165, 1.54) is 12.1 Å². The molecule has 3 aliphatic rings. The third-order valence-corrected chi connectivity index (χ3v) is 7.50. The SMILES string of the molecule is C[C@H]1C[C@@](NC(=O)c2ccc3c(c2C2CC2)OC(F)(F)O3)(C(N)=O)CCN1c1cc(Br)ccc1C#N. The van der Waals surface area contributed by atoms with Crippen LogP contribution < -0.4 is 25.4 Å². The number of nitrogens with zero attached hydrogens (tertiary/aromatic N) is 2. The monoisotopic (exact) mass is 560 g/mol. The second-order valence-electron chi connectivity index (χ2n) is 9.47. The van der Waals surface area contributed by atoms with Gasteiger partial charge in [0, 0.05) is 28.2 Å². The second-order valence-corrected chi connectivity index (χ2v) is 10.4. The number of primary amides is 1. The number of ether oxygens (including phenoxy) is 2. The Morgan fingerprint density at radius 1 is 1.25 bits per heavy atom. The highest BCUT2D eigenvalue weighted by Gasteiger charge is 2.49. The molecule has 0 radical (unpaired) electrons. The van der Waals surface area contributed by atoms with E-state index in [1.807, 2.05) is 17.9 Å². The van der Waals surface area contributed by atoms with E-state index in [-0.39, 0.29) is 41.9 Å². The van der Waals surface area contributed by atoms with Crippen LogP contribution in [0.15, 0.2) is 34.8 Å². The van der Waals surface area contributed by atoms with E-state index < -0.39 is 23.6 Å². The van der Waals surface area contributed by atoms with Crippen molar-refractivity contribution in [3.63, 3.8) is 0 Å². The highest BCUT2D eigenvalue weighted by atomic mass is 79.9. The Kier molecular flexibility index (Phi) is 5.82. The maximum absolute atomic E-state index is 13.7. The molecule has 36 heavy (non-hydrogen) atoms. The molecule has 2 amide bonds. The fourth-order valence-electron chi connectivity index (χ4n) is 5.13. The first-order valence-corrected chi connectivity index (χ1v) is 12.3. The van der Waals surface area contributed by atoms with Crippen molar-refractivity contribution >= 4 is 33.4 Å². The predicted octanol–water partition coefficient (Wildman–Crippen LogP) is 4.16. The minimum Gasteiger partial charge on any atom is -0.395 e. The Morgan fingerprint density at radius 2 is 2.00 bits per heavy atom. The summed E-state index contributed by atoms with van der Waals surface area (Å²) in [6.45, 7) is 2.25. The van der Waals surface area contributed by atoms with Gasteiger partial charge in [-0.1, -0.05) is 15.9 Å². The van der Waals surface area contributed by atoms with E-state index in [1.54, 1.807) is 12.1 Å². The van der Waals surface area contributed by atoms with Crippen LogP contribution in [0.3, 0.4) is 0 Å². The molecule has 0 aromatic heterocycles. The molecule has 2 heterocycles. The van der Waals surface area contributed by atoms with Gasteiger partial charge in [0.25, 0.3) is 5.91 Å². The van der Waals surface area contributed by atoms with Crippen molar-refractivity contribution in [3.8, 4) is 17.6 Å². The minimum absolute atomic E-state index is 0.107. The van der Waals surface area contributed by atoms with E-state index in [0.717, 1.165) is 23.0 Å². The quantitative estimate of drug-likeness (QED) is 0.566. The lowest BCUT2D eigenvalue weighted by Gasteiger charge is -2.45. The Bertz CT molecular complexity index is 1310. The number of hydrogen-bond donors (Lipinski definition) is 2. The maximum atomic E-state index is 13.7. The van der Waals surface area contributed by atoms with Crippen molar-refractivity contribution in [2.45, 2.75) is 56.4 Å². The van der Waals surface area contributed by atoms with Gasteiger partial charge in [0.1, 0.15) is 11.6 Å². The molecule has 188 valence electrons. The van der Waals surface area contributed by atoms with Gasteiger partial charge in [-0.3, -0.25) is 9.59 Å². The Balaban J connectivity index is 1.42. The lowest BCUT2D eigenvalue weighted by Crippen LogP contribution is -2.64. The molecule has 0 unspecified atom stereocenters. The van der Waals surface area contributed by atoms with Gasteiger partial charge in [-0.05, 0) is 68.9 Å².